The van der Waals surface area contributed by atoms with Gasteiger partial charge in [0.25, 0.3) is 0 Å². The van der Waals surface area contributed by atoms with Gasteiger partial charge >= 0.3 is 5.97 Å². The average molecular weight is 212 g/mol. The molecule has 0 aromatic rings. The minimum absolute atomic E-state index is 0.0165. The average Bonchev–Trinajstić information content (AvgIpc) is 2.22. The van der Waals surface area contributed by atoms with Crippen LogP contribution >= 0.6 is 0 Å². The molecule has 1 aliphatic heterocycles. The molecule has 0 bridgehead atoms. The number of esters is 1. The van der Waals surface area contributed by atoms with Crippen LogP contribution in [0.4, 0.5) is 0 Å². The van der Waals surface area contributed by atoms with Crippen molar-refractivity contribution in [2.45, 2.75) is 13.8 Å². The first-order chi connectivity index (χ1) is 7.20. The van der Waals surface area contributed by atoms with E-state index in [1.807, 2.05) is 0 Å². The third kappa shape index (κ3) is 2.66. The zero-order valence-corrected chi connectivity index (χ0v) is 8.78. The van der Waals surface area contributed by atoms with Crippen LogP contribution in [0.1, 0.15) is 13.8 Å². The SMILES string of the molecule is CCOC(=O)C1=C[NH2+]C=C(OCC)C1=O. The Bertz CT molecular complexity index is 330. The third-order valence-electron chi connectivity index (χ3n) is 1.77. The second-order valence-corrected chi connectivity index (χ2v) is 2.79. The summed E-state index contributed by atoms with van der Waals surface area (Å²) >= 11 is 0. The van der Waals surface area contributed by atoms with Crippen LogP contribution in [0.15, 0.2) is 23.7 Å². The number of quaternary nitrogens is 1. The van der Waals surface area contributed by atoms with Gasteiger partial charge in [-0.3, -0.25) is 10.1 Å². The van der Waals surface area contributed by atoms with Gasteiger partial charge in [-0.15, -0.1) is 0 Å². The van der Waals surface area contributed by atoms with Gasteiger partial charge < -0.3 is 9.47 Å². The van der Waals surface area contributed by atoms with Crippen LogP contribution in [0.2, 0.25) is 0 Å². The van der Waals surface area contributed by atoms with Crippen molar-refractivity contribution in [2.24, 2.45) is 0 Å². The Morgan fingerprint density at radius 1 is 1.33 bits per heavy atom. The molecule has 15 heavy (non-hydrogen) atoms. The van der Waals surface area contributed by atoms with E-state index in [0.29, 0.717) is 6.61 Å². The standard InChI is InChI=1S/C10H13NO4/c1-3-14-8-6-11-5-7(9(8)12)10(13)15-4-2/h5-6H,3-4H2,1-2H3,(H,11,12)/p+1. The number of hydrogen-bond acceptors (Lipinski definition) is 4. The molecule has 5 heteroatoms. The van der Waals surface area contributed by atoms with Crippen LogP contribution in [0.3, 0.4) is 0 Å². The second-order valence-electron chi connectivity index (χ2n) is 2.79. The topological polar surface area (TPSA) is 69.2 Å². The zero-order chi connectivity index (χ0) is 11.3. The normalized spacial score (nSPS) is 15.5. The predicted molar refractivity (Wildman–Crippen MR) is 51.4 cm³/mol. The van der Waals surface area contributed by atoms with E-state index in [1.165, 1.54) is 12.4 Å². The molecule has 2 N–H and O–H groups in total. The number of Topliss-reactive ketones (excluding diaryl/α,β-unsaturated/α-hetero) is 1. The zero-order valence-electron chi connectivity index (χ0n) is 8.78. The molecule has 0 radical (unpaired) electrons. The van der Waals surface area contributed by atoms with Crippen molar-refractivity contribution < 1.29 is 24.4 Å². The molecule has 82 valence electrons. The Labute approximate surface area is 87.7 Å². The Balaban J connectivity index is 2.73. The van der Waals surface area contributed by atoms with Gasteiger partial charge in [0.1, 0.15) is 12.4 Å². The van der Waals surface area contributed by atoms with E-state index in [2.05, 4.69) is 0 Å². The van der Waals surface area contributed by atoms with Crippen molar-refractivity contribution >= 4 is 11.8 Å². The summed E-state index contributed by atoms with van der Waals surface area (Å²) < 4.78 is 9.83. The van der Waals surface area contributed by atoms with Crippen LogP contribution in [0.25, 0.3) is 0 Å². The van der Waals surface area contributed by atoms with Crippen LogP contribution in [0.5, 0.6) is 0 Å². The van der Waals surface area contributed by atoms with E-state index < -0.39 is 11.8 Å². The summed E-state index contributed by atoms with van der Waals surface area (Å²) in [5.41, 5.74) is 0.0165. The number of allylic oxidation sites excluding steroid dienone is 1. The Morgan fingerprint density at radius 3 is 2.67 bits per heavy atom. The van der Waals surface area contributed by atoms with E-state index in [4.69, 9.17) is 9.47 Å². The highest BCUT2D eigenvalue weighted by Gasteiger charge is 2.29. The van der Waals surface area contributed by atoms with Gasteiger partial charge in [0.05, 0.1) is 13.2 Å². The molecule has 1 heterocycles. The van der Waals surface area contributed by atoms with Crippen LogP contribution < -0.4 is 5.32 Å². The molecule has 0 unspecified atom stereocenters. The van der Waals surface area contributed by atoms with Gasteiger partial charge in [-0.1, -0.05) is 0 Å². The lowest BCUT2D eigenvalue weighted by Gasteiger charge is -2.10. The Morgan fingerprint density at radius 2 is 2.07 bits per heavy atom. The Kier molecular flexibility index (Phi) is 4.05. The summed E-state index contributed by atoms with van der Waals surface area (Å²) in [4.78, 5) is 23.0. The number of ketones is 1. The van der Waals surface area contributed by atoms with Crippen molar-refractivity contribution in [3.8, 4) is 0 Å². The summed E-state index contributed by atoms with van der Waals surface area (Å²) in [5.74, 6) is -0.843. The van der Waals surface area contributed by atoms with Crippen molar-refractivity contribution in [3.63, 3.8) is 0 Å². The summed E-state index contributed by atoms with van der Waals surface area (Å²) in [6.45, 7) is 4.10. The fourth-order valence-corrected chi connectivity index (χ4v) is 1.15. The van der Waals surface area contributed by atoms with Crippen molar-refractivity contribution in [2.75, 3.05) is 13.2 Å². The molecule has 0 fully saturated rings. The van der Waals surface area contributed by atoms with Gasteiger partial charge in [0.2, 0.25) is 11.5 Å². The monoisotopic (exact) mass is 212 g/mol. The summed E-state index contributed by atoms with van der Waals surface area (Å²) in [5, 5.41) is 1.60. The molecule has 1 rings (SSSR count). The number of ether oxygens (including phenoxy) is 2. The molecule has 0 saturated heterocycles. The minimum Gasteiger partial charge on any atom is -0.485 e. The molecule has 5 nitrogen and oxygen atoms in total. The number of rotatable bonds is 4. The molecule has 1 aliphatic rings. The Hall–Kier alpha value is -1.62. The molecule has 0 atom stereocenters. The number of carbonyl (C=O) groups excluding carboxylic acids is 2. The first-order valence-corrected chi connectivity index (χ1v) is 4.80. The largest absolute Gasteiger partial charge is 0.485 e. The summed E-state index contributed by atoms with van der Waals surface area (Å²) in [6.07, 6.45) is 2.97. The molecule has 0 aliphatic carbocycles. The van der Waals surface area contributed by atoms with E-state index in [9.17, 15) is 9.59 Å². The number of hydrogen-bond donors (Lipinski definition) is 1. The highest BCUT2D eigenvalue weighted by molar-refractivity contribution is 6.23. The van der Waals surface area contributed by atoms with Gasteiger partial charge in [-0.2, -0.15) is 0 Å². The van der Waals surface area contributed by atoms with E-state index in [1.54, 1.807) is 19.2 Å². The van der Waals surface area contributed by atoms with Gasteiger partial charge in [0, 0.05) is 0 Å². The molecule has 0 amide bonds. The van der Waals surface area contributed by atoms with Crippen molar-refractivity contribution in [1.29, 1.82) is 0 Å². The van der Waals surface area contributed by atoms with E-state index in [-0.39, 0.29) is 17.9 Å². The summed E-state index contributed by atoms with van der Waals surface area (Å²) in [6, 6.07) is 0. The fraction of sp³-hybridized carbons (Fsp3) is 0.400. The predicted octanol–water partition coefficient (Wildman–Crippen LogP) is -0.543. The molecular weight excluding hydrogens is 198 g/mol. The maximum absolute atomic E-state index is 11.6. The first kappa shape index (κ1) is 11.5. The third-order valence-corrected chi connectivity index (χ3v) is 1.77. The maximum Gasteiger partial charge on any atom is 0.347 e. The molecule has 0 aromatic heterocycles. The molecule has 0 aromatic carbocycles. The lowest BCUT2D eigenvalue weighted by Crippen LogP contribution is -2.73. The van der Waals surface area contributed by atoms with E-state index >= 15 is 0 Å². The molecule has 0 saturated carbocycles. The lowest BCUT2D eigenvalue weighted by molar-refractivity contribution is -0.517. The highest BCUT2D eigenvalue weighted by Crippen LogP contribution is 2.09. The first-order valence-electron chi connectivity index (χ1n) is 4.80. The fourth-order valence-electron chi connectivity index (χ4n) is 1.15. The van der Waals surface area contributed by atoms with Crippen molar-refractivity contribution in [1.82, 2.24) is 0 Å². The number of carbonyl (C=O) groups is 2. The number of nitrogens with two attached hydrogens (primary N) is 1. The van der Waals surface area contributed by atoms with Crippen molar-refractivity contribution in [3.05, 3.63) is 23.7 Å². The highest BCUT2D eigenvalue weighted by atomic mass is 16.5. The van der Waals surface area contributed by atoms with Gasteiger partial charge in [-0.25, -0.2) is 4.79 Å². The quantitative estimate of drug-likeness (QED) is 0.502. The van der Waals surface area contributed by atoms with Gasteiger partial charge in [0.15, 0.2) is 5.57 Å². The van der Waals surface area contributed by atoms with Crippen LogP contribution in [-0.4, -0.2) is 25.0 Å². The molecule has 0 spiro atoms. The maximum atomic E-state index is 11.6. The summed E-state index contributed by atoms with van der Waals surface area (Å²) in [7, 11) is 0. The van der Waals surface area contributed by atoms with E-state index in [0.717, 1.165) is 0 Å². The lowest BCUT2D eigenvalue weighted by atomic mass is 10.1. The molecular formula is C10H14NO4+. The smallest absolute Gasteiger partial charge is 0.347 e. The van der Waals surface area contributed by atoms with Crippen LogP contribution in [-0.2, 0) is 19.1 Å². The van der Waals surface area contributed by atoms with Crippen LogP contribution in [0, 0.1) is 0 Å². The van der Waals surface area contributed by atoms with Gasteiger partial charge in [-0.05, 0) is 13.8 Å². The second kappa shape index (κ2) is 5.31. The minimum atomic E-state index is -0.607.